The van der Waals surface area contributed by atoms with Gasteiger partial charge in [-0.1, -0.05) is 66.7 Å². The van der Waals surface area contributed by atoms with Crippen LogP contribution in [0.25, 0.3) is 0 Å². The molecule has 0 fully saturated rings. The molecule has 166 valence electrons. The molecule has 1 atom stereocenters. The molecule has 0 N–H and O–H groups in total. The van der Waals surface area contributed by atoms with Crippen LogP contribution in [-0.2, 0) is 10.8 Å². The van der Waals surface area contributed by atoms with E-state index in [0.29, 0.717) is 0 Å². The summed E-state index contributed by atoms with van der Waals surface area (Å²) in [5, 5.41) is 0. The highest BCUT2D eigenvalue weighted by atomic mass is 19.1. The molecule has 4 aromatic carbocycles. The Morgan fingerprint density at radius 1 is 0.424 bits per heavy atom. The largest absolute Gasteiger partial charge is 0.207 e. The van der Waals surface area contributed by atoms with Gasteiger partial charge in [0.05, 0.1) is 13.8 Å². The van der Waals surface area contributed by atoms with Crippen molar-refractivity contribution in [1.82, 2.24) is 0 Å². The third kappa shape index (κ3) is 5.81. The monoisotopic (exact) mass is 444 g/mol. The Morgan fingerprint density at radius 2 is 0.667 bits per heavy atom. The first kappa shape index (κ1) is 24.1. The van der Waals surface area contributed by atoms with Gasteiger partial charge in [0, 0.05) is 22.3 Å². The second-order valence-corrected chi connectivity index (χ2v) is 8.55. The molecule has 0 amide bonds. The summed E-state index contributed by atoms with van der Waals surface area (Å²) in [5.74, 6) is -0.764. The maximum Gasteiger partial charge on any atom is 0.152 e. The molecule has 0 bridgehead atoms. The predicted molar refractivity (Wildman–Crippen MR) is 129 cm³/mol. The highest BCUT2D eigenvalue weighted by Gasteiger charge is 2.31. The third-order valence-electron chi connectivity index (χ3n) is 5.86. The molecule has 0 nitrogen and oxygen atoms in total. The predicted octanol–water partition coefficient (Wildman–Crippen LogP) is 8.07. The molecule has 0 radical (unpaired) electrons. The van der Waals surface area contributed by atoms with Gasteiger partial charge in [0.1, 0.15) is 17.5 Å². The van der Waals surface area contributed by atoms with E-state index in [4.69, 9.17) is 0 Å². The van der Waals surface area contributed by atoms with Crippen molar-refractivity contribution in [2.24, 2.45) is 0 Å². The molecule has 4 aromatic rings. The quantitative estimate of drug-likeness (QED) is 0.279. The second-order valence-electron chi connectivity index (χ2n) is 8.55. The molecule has 4 rings (SSSR count). The number of halogens is 3. The highest BCUT2D eigenvalue weighted by Crippen LogP contribution is 2.31. The van der Waals surface area contributed by atoms with Crippen LogP contribution in [0.3, 0.4) is 0 Å². The molecule has 0 aromatic heterocycles. The minimum Gasteiger partial charge on any atom is -0.207 e. The van der Waals surface area contributed by atoms with Crippen LogP contribution in [0, 0.1) is 31.3 Å². The van der Waals surface area contributed by atoms with Crippen molar-refractivity contribution in [2.45, 2.75) is 24.7 Å². The van der Waals surface area contributed by atoms with E-state index in [1.807, 2.05) is 44.2 Å². The molecule has 3 heteroatoms. The summed E-state index contributed by atoms with van der Waals surface area (Å²) in [5.41, 5.74) is 3.08. The Kier molecular flexibility index (Phi) is 7.23. The molecular formula is C30H27F3+2. The van der Waals surface area contributed by atoms with Gasteiger partial charge in [-0.05, 0) is 50.2 Å². The maximum absolute atomic E-state index is 12.9. The van der Waals surface area contributed by atoms with Crippen molar-refractivity contribution < 1.29 is 13.2 Å². The Balaban J connectivity index is 0.000000186. The van der Waals surface area contributed by atoms with E-state index >= 15 is 0 Å². The van der Waals surface area contributed by atoms with E-state index in [1.165, 1.54) is 36.4 Å². The van der Waals surface area contributed by atoms with Crippen molar-refractivity contribution in [3.8, 4) is 0 Å². The van der Waals surface area contributed by atoms with E-state index in [9.17, 15) is 13.2 Å². The first-order chi connectivity index (χ1) is 15.6. The van der Waals surface area contributed by atoms with E-state index in [-0.39, 0.29) is 22.9 Å². The van der Waals surface area contributed by atoms with Crippen LogP contribution in [0.1, 0.15) is 36.1 Å². The standard InChI is InChI=1S/C15H13F2.C15H14F/c1-15(2,11-3-7-13(16)8-4-11)12-5-9-14(17)10-6-12;1-15(2,12-6-4-3-5-7-12)13-8-10-14(16)11-9-13/h3-10H,1H2,2H3;3-11H,1H2,2H3/q2*+1. The van der Waals surface area contributed by atoms with Gasteiger partial charge in [-0.15, -0.1) is 0 Å². The van der Waals surface area contributed by atoms with E-state index in [2.05, 4.69) is 13.8 Å². The molecule has 0 aliphatic carbocycles. The highest BCUT2D eigenvalue weighted by molar-refractivity contribution is 5.40. The van der Waals surface area contributed by atoms with Gasteiger partial charge in [-0.2, -0.15) is 0 Å². The van der Waals surface area contributed by atoms with E-state index in [0.717, 1.165) is 22.3 Å². The summed E-state index contributed by atoms with van der Waals surface area (Å²) >= 11 is 0. The molecule has 0 aliphatic heterocycles. The summed E-state index contributed by atoms with van der Waals surface area (Å²) < 4.78 is 38.6. The SMILES string of the molecule is [CH2+]C(C)(c1ccc(F)cc1)c1ccc(F)cc1.[CH2+]C(C)(c1ccccc1)c1ccc(F)cc1. The van der Waals surface area contributed by atoms with Gasteiger partial charge in [0.25, 0.3) is 0 Å². The van der Waals surface area contributed by atoms with Crippen molar-refractivity contribution in [3.63, 3.8) is 0 Å². The van der Waals surface area contributed by atoms with Crippen LogP contribution < -0.4 is 0 Å². The number of rotatable bonds is 4. The van der Waals surface area contributed by atoms with Gasteiger partial charge in [0.15, 0.2) is 10.8 Å². The van der Waals surface area contributed by atoms with Crippen LogP contribution >= 0.6 is 0 Å². The zero-order valence-electron chi connectivity index (χ0n) is 18.9. The minimum absolute atomic E-state index is 0.215. The van der Waals surface area contributed by atoms with Gasteiger partial charge in [0.2, 0.25) is 0 Å². The van der Waals surface area contributed by atoms with Crippen LogP contribution in [0.2, 0.25) is 0 Å². The molecule has 0 aliphatic rings. The first-order valence-electron chi connectivity index (χ1n) is 10.6. The summed E-state index contributed by atoms with van der Waals surface area (Å²) in [4.78, 5) is 0. The number of hydrogen-bond donors (Lipinski definition) is 0. The fourth-order valence-electron chi connectivity index (χ4n) is 3.59. The molecular weight excluding hydrogens is 417 g/mol. The van der Waals surface area contributed by atoms with Gasteiger partial charge in [-0.3, -0.25) is 0 Å². The maximum atomic E-state index is 12.9. The van der Waals surface area contributed by atoms with Crippen LogP contribution in [0.15, 0.2) is 103 Å². The van der Waals surface area contributed by atoms with Gasteiger partial charge < -0.3 is 0 Å². The van der Waals surface area contributed by atoms with Crippen molar-refractivity contribution in [1.29, 1.82) is 0 Å². The first-order valence-corrected chi connectivity index (χ1v) is 10.6. The molecule has 0 spiro atoms. The Bertz CT molecular complexity index is 1090. The van der Waals surface area contributed by atoms with Crippen molar-refractivity contribution in [3.05, 3.63) is 157 Å². The fraction of sp³-hybridized carbons (Fsp3) is 0.133. The van der Waals surface area contributed by atoms with Gasteiger partial charge >= 0.3 is 0 Å². The summed E-state index contributed by atoms with van der Waals surface area (Å²) in [6, 6.07) is 29.0. The zero-order valence-corrected chi connectivity index (χ0v) is 18.9. The zero-order chi connectivity index (χ0) is 24.1. The molecule has 0 saturated carbocycles. The third-order valence-corrected chi connectivity index (χ3v) is 5.86. The van der Waals surface area contributed by atoms with E-state index in [1.54, 1.807) is 36.4 Å². The normalized spacial score (nSPS) is 12.9. The van der Waals surface area contributed by atoms with Crippen LogP contribution in [0.4, 0.5) is 13.2 Å². The van der Waals surface area contributed by atoms with E-state index < -0.39 is 5.41 Å². The molecule has 33 heavy (non-hydrogen) atoms. The average molecular weight is 445 g/mol. The summed E-state index contributed by atoms with van der Waals surface area (Å²) in [6.45, 7) is 12.3. The summed E-state index contributed by atoms with van der Waals surface area (Å²) in [7, 11) is 0. The lowest BCUT2D eigenvalue weighted by atomic mass is 9.78. The molecule has 1 unspecified atom stereocenters. The van der Waals surface area contributed by atoms with Crippen molar-refractivity contribution in [2.75, 3.05) is 0 Å². The molecule has 0 heterocycles. The number of hydrogen-bond acceptors (Lipinski definition) is 0. The Labute approximate surface area is 194 Å². The lowest BCUT2D eigenvalue weighted by molar-refractivity contribution is 0.620. The Hall–Kier alpha value is -3.59. The Morgan fingerprint density at radius 3 is 0.939 bits per heavy atom. The molecule has 0 saturated heterocycles. The lowest BCUT2D eigenvalue weighted by Crippen LogP contribution is -2.19. The van der Waals surface area contributed by atoms with Crippen LogP contribution in [-0.4, -0.2) is 0 Å². The fourth-order valence-corrected chi connectivity index (χ4v) is 3.59. The second kappa shape index (κ2) is 9.91. The van der Waals surface area contributed by atoms with Gasteiger partial charge in [-0.25, -0.2) is 13.2 Å². The topological polar surface area (TPSA) is 0 Å². The average Bonchev–Trinajstić information content (AvgIpc) is 2.81. The van der Waals surface area contributed by atoms with Crippen LogP contribution in [0.5, 0.6) is 0 Å². The summed E-state index contributed by atoms with van der Waals surface area (Å²) in [6.07, 6.45) is 0. The smallest absolute Gasteiger partial charge is 0.152 e. The lowest BCUT2D eigenvalue weighted by Gasteiger charge is -2.18. The number of benzene rings is 4. The van der Waals surface area contributed by atoms with Crippen molar-refractivity contribution >= 4 is 0 Å². The minimum atomic E-state index is -0.512.